The Hall–Kier alpha value is -2.78. The molecule has 0 aliphatic heterocycles. The first-order valence-electron chi connectivity index (χ1n) is 8.54. The summed E-state index contributed by atoms with van der Waals surface area (Å²) in [5.74, 6) is -0.582. The topological polar surface area (TPSA) is 70.7 Å². The number of benzene rings is 2. The molecule has 3 rings (SSSR count). The van der Waals surface area contributed by atoms with Crippen LogP contribution in [0.15, 0.2) is 54.1 Å². The molecule has 0 unspecified atom stereocenters. The lowest BCUT2D eigenvalue weighted by atomic mass is 10.1. The Bertz CT molecular complexity index is 1130. The number of nitrogens with zero attached hydrogens (tertiary/aromatic N) is 3. The lowest BCUT2D eigenvalue weighted by molar-refractivity contribution is -0.112. The van der Waals surface area contributed by atoms with Crippen LogP contribution in [0, 0.1) is 18.3 Å². The predicted octanol–water partition coefficient (Wildman–Crippen LogP) is 5.75. The molecule has 0 spiro atoms. The number of nitrogens with one attached hydrogen (secondary N) is 1. The van der Waals surface area contributed by atoms with Crippen LogP contribution >= 0.6 is 34.8 Å². The molecule has 1 heterocycles. The second-order valence-corrected chi connectivity index (χ2v) is 7.38. The van der Waals surface area contributed by atoms with Crippen LogP contribution in [0.4, 0.5) is 5.69 Å². The number of para-hydroxylation sites is 1. The molecule has 146 valence electrons. The number of nitriles is 1. The van der Waals surface area contributed by atoms with Crippen LogP contribution in [-0.4, -0.2) is 15.7 Å². The van der Waals surface area contributed by atoms with Gasteiger partial charge in [-0.2, -0.15) is 10.4 Å². The zero-order chi connectivity index (χ0) is 21.0. The van der Waals surface area contributed by atoms with Gasteiger partial charge in [0.2, 0.25) is 0 Å². The minimum atomic E-state index is -0.582. The van der Waals surface area contributed by atoms with Crippen molar-refractivity contribution in [2.45, 2.75) is 13.5 Å². The summed E-state index contributed by atoms with van der Waals surface area (Å²) in [5.41, 5.74) is 2.38. The standard InChI is InChI=1S/C21H15Cl3N4O/c1-13-17(20(24)28(27-13)12-14-6-8-16(22)9-7-14)10-15(11-25)21(29)26-19-5-3-2-4-18(19)23/h2-10H,12H2,1H3,(H,26,29)/b15-10+. The number of aromatic nitrogens is 2. The third kappa shape index (κ3) is 4.99. The van der Waals surface area contributed by atoms with Gasteiger partial charge in [-0.05, 0) is 42.8 Å². The van der Waals surface area contributed by atoms with Crippen LogP contribution < -0.4 is 5.32 Å². The fourth-order valence-electron chi connectivity index (χ4n) is 2.64. The maximum absolute atomic E-state index is 12.5. The lowest BCUT2D eigenvalue weighted by Crippen LogP contribution is -2.13. The van der Waals surface area contributed by atoms with E-state index in [2.05, 4.69) is 10.4 Å². The molecule has 0 bridgehead atoms. The summed E-state index contributed by atoms with van der Waals surface area (Å²) >= 11 is 18.4. The molecule has 0 radical (unpaired) electrons. The number of carbonyl (C=O) groups is 1. The number of anilines is 1. The Balaban J connectivity index is 1.86. The van der Waals surface area contributed by atoms with Crippen molar-refractivity contribution in [2.24, 2.45) is 0 Å². The summed E-state index contributed by atoms with van der Waals surface area (Å²) in [6, 6.07) is 16.0. The molecule has 0 saturated carbocycles. The minimum absolute atomic E-state index is 0.110. The zero-order valence-corrected chi connectivity index (χ0v) is 17.6. The number of hydrogen-bond acceptors (Lipinski definition) is 3. The number of amides is 1. The molecule has 8 heteroatoms. The van der Waals surface area contributed by atoms with E-state index in [0.29, 0.717) is 38.7 Å². The van der Waals surface area contributed by atoms with E-state index in [9.17, 15) is 10.1 Å². The summed E-state index contributed by atoms with van der Waals surface area (Å²) in [6.07, 6.45) is 1.43. The molecule has 2 aromatic carbocycles. The van der Waals surface area contributed by atoms with Gasteiger partial charge in [-0.1, -0.05) is 59.1 Å². The summed E-state index contributed by atoms with van der Waals surface area (Å²) in [4.78, 5) is 12.5. The number of halogens is 3. The molecule has 1 N–H and O–H groups in total. The fraction of sp³-hybridized carbons (Fsp3) is 0.0952. The highest BCUT2D eigenvalue weighted by molar-refractivity contribution is 6.34. The van der Waals surface area contributed by atoms with Crippen molar-refractivity contribution in [3.8, 4) is 6.07 Å². The third-order valence-electron chi connectivity index (χ3n) is 4.13. The first kappa shape index (κ1) is 20.9. The number of carbonyl (C=O) groups excluding carboxylic acids is 1. The monoisotopic (exact) mass is 444 g/mol. The molecule has 0 aliphatic rings. The molecule has 1 amide bonds. The Morgan fingerprint density at radius 1 is 1.17 bits per heavy atom. The van der Waals surface area contributed by atoms with Gasteiger partial charge in [0.15, 0.2) is 0 Å². The largest absolute Gasteiger partial charge is 0.320 e. The van der Waals surface area contributed by atoms with Gasteiger partial charge in [0, 0.05) is 10.6 Å². The second-order valence-electron chi connectivity index (χ2n) is 6.18. The Kier molecular flexibility index (Phi) is 6.60. The van der Waals surface area contributed by atoms with Gasteiger partial charge < -0.3 is 5.32 Å². The van der Waals surface area contributed by atoms with Gasteiger partial charge in [0.25, 0.3) is 5.91 Å². The van der Waals surface area contributed by atoms with Crippen molar-refractivity contribution in [2.75, 3.05) is 5.32 Å². The van der Waals surface area contributed by atoms with Crippen LogP contribution in [0.5, 0.6) is 0 Å². The second kappa shape index (κ2) is 9.15. The zero-order valence-electron chi connectivity index (χ0n) is 15.3. The Morgan fingerprint density at radius 3 is 2.52 bits per heavy atom. The van der Waals surface area contributed by atoms with E-state index >= 15 is 0 Å². The molecule has 1 aromatic heterocycles. The molecule has 3 aromatic rings. The van der Waals surface area contributed by atoms with Gasteiger partial charge in [0.05, 0.1) is 22.9 Å². The molecular formula is C21H15Cl3N4O. The van der Waals surface area contributed by atoms with Gasteiger partial charge in [-0.3, -0.25) is 4.79 Å². The molecule has 0 saturated heterocycles. The summed E-state index contributed by atoms with van der Waals surface area (Å²) in [6.45, 7) is 2.19. The quantitative estimate of drug-likeness (QED) is 0.402. The molecular weight excluding hydrogens is 431 g/mol. The summed E-state index contributed by atoms with van der Waals surface area (Å²) < 4.78 is 1.60. The van der Waals surface area contributed by atoms with Gasteiger partial charge >= 0.3 is 0 Å². The van der Waals surface area contributed by atoms with Crippen LogP contribution in [0.25, 0.3) is 6.08 Å². The van der Waals surface area contributed by atoms with E-state index in [1.165, 1.54) is 6.08 Å². The fourth-order valence-corrected chi connectivity index (χ4v) is 3.24. The van der Waals surface area contributed by atoms with E-state index < -0.39 is 5.91 Å². The Morgan fingerprint density at radius 2 is 1.86 bits per heavy atom. The van der Waals surface area contributed by atoms with Gasteiger partial charge in [-0.15, -0.1) is 0 Å². The van der Waals surface area contributed by atoms with E-state index in [1.807, 2.05) is 18.2 Å². The molecule has 5 nitrogen and oxygen atoms in total. The van der Waals surface area contributed by atoms with Crippen LogP contribution in [-0.2, 0) is 11.3 Å². The minimum Gasteiger partial charge on any atom is -0.320 e. The van der Waals surface area contributed by atoms with Crippen LogP contribution in [0.2, 0.25) is 15.2 Å². The molecule has 0 atom stereocenters. The number of rotatable bonds is 5. The molecule has 0 aliphatic carbocycles. The lowest BCUT2D eigenvalue weighted by Gasteiger charge is -2.06. The van der Waals surface area contributed by atoms with Gasteiger partial charge in [-0.25, -0.2) is 4.68 Å². The number of aryl methyl sites for hydroxylation is 1. The molecule has 0 fully saturated rings. The maximum Gasteiger partial charge on any atom is 0.266 e. The van der Waals surface area contributed by atoms with E-state index in [4.69, 9.17) is 34.8 Å². The summed E-state index contributed by atoms with van der Waals surface area (Å²) in [5, 5.41) is 17.9. The van der Waals surface area contributed by atoms with Crippen molar-refractivity contribution in [3.63, 3.8) is 0 Å². The smallest absolute Gasteiger partial charge is 0.266 e. The third-order valence-corrected chi connectivity index (χ3v) is 5.11. The number of hydrogen-bond donors (Lipinski definition) is 1. The summed E-state index contributed by atoms with van der Waals surface area (Å²) in [7, 11) is 0. The van der Waals surface area contributed by atoms with Crippen molar-refractivity contribution < 1.29 is 4.79 Å². The maximum atomic E-state index is 12.5. The van der Waals surface area contributed by atoms with Crippen molar-refractivity contribution in [1.82, 2.24) is 9.78 Å². The van der Waals surface area contributed by atoms with Crippen LogP contribution in [0.3, 0.4) is 0 Å². The van der Waals surface area contributed by atoms with Crippen LogP contribution in [0.1, 0.15) is 16.8 Å². The SMILES string of the molecule is Cc1nn(Cc2ccc(Cl)cc2)c(Cl)c1/C=C(\C#N)C(=O)Nc1ccccc1Cl. The predicted molar refractivity (Wildman–Crippen MR) is 116 cm³/mol. The van der Waals surface area contributed by atoms with Crippen molar-refractivity contribution >= 4 is 52.5 Å². The average molecular weight is 446 g/mol. The van der Waals surface area contributed by atoms with E-state index in [-0.39, 0.29) is 5.57 Å². The normalized spacial score (nSPS) is 11.2. The molecule has 29 heavy (non-hydrogen) atoms. The average Bonchev–Trinajstić information content (AvgIpc) is 2.96. The highest BCUT2D eigenvalue weighted by atomic mass is 35.5. The highest BCUT2D eigenvalue weighted by Crippen LogP contribution is 2.25. The first-order chi connectivity index (χ1) is 13.9. The van der Waals surface area contributed by atoms with Gasteiger partial charge in [0.1, 0.15) is 16.8 Å². The van der Waals surface area contributed by atoms with E-state index in [1.54, 1.807) is 48.0 Å². The highest BCUT2D eigenvalue weighted by Gasteiger charge is 2.17. The van der Waals surface area contributed by atoms with Crippen molar-refractivity contribution in [1.29, 1.82) is 5.26 Å². The Labute approximate surface area is 183 Å². The van der Waals surface area contributed by atoms with E-state index in [0.717, 1.165) is 5.56 Å². The van der Waals surface area contributed by atoms with Crippen molar-refractivity contribution in [3.05, 3.63) is 86.1 Å². The first-order valence-corrected chi connectivity index (χ1v) is 9.67.